The summed E-state index contributed by atoms with van der Waals surface area (Å²) in [5.74, 6) is -0.531. The van der Waals surface area contributed by atoms with Gasteiger partial charge in [-0.2, -0.15) is 0 Å². The standard InChI is InChI=1S/C11H16FNO2/c1-8(2)10-9(12)4-5-13(11(10)14)6-7-15-3/h4-5,8H,6-7H2,1-3H3. The van der Waals surface area contributed by atoms with Crippen LogP contribution in [0.5, 0.6) is 0 Å². The van der Waals surface area contributed by atoms with Gasteiger partial charge < -0.3 is 9.30 Å². The van der Waals surface area contributed by atoms with E-state index < -0.39 is 5.82 Å². The molecule has 0 aliphatic carbocycles. The average Bonchev–Trinajstić information content (AvgIpc) is 2.16. The number of methoxy groups -OCH3 is 1. The maximum absolute atomic E-state index is 13.4. The van der Waals surface area contributed by atoms with Gasteiger partial charge in [-0.3, -0.25) is 4.79 Å². The fourth-order valence-corrected chi connectivity index (χ4v) is 1.46. The lowest BCUT2D eigenvalue weighted by atomic mass is 10.1. The molecule has 0 amide bonds. The molecule has 84 valence electrons. The molecule has 4 heteroatoms. The molecule has 0 aliphatic heterocycles. The number of rotatable bonds is 4. The number of ether oxygens (including phenoxy) is 1. The zero-order chi connectivity index (χ0) is 11.4. The maximum Gasteiger partial charge on any atom is 0.257 e. The van der Waals surface area contributed by atoms with E-state index in [1.54, 1.807) is 21.0 Å². The lowest BCUT2D eigenvalue weighted by Crippen LogP contribution is -2.26. The van der Waals surface area contributed by atoms with E-state index in [2.05, 4.69) is 0 Å². The Hall–Kier alpha value is -1.16. The van der Waals surface area contributed by atoms with Gasteiger partial charge >= 0.3 is 0 Å². The summed E-state index contributed by atoms with van der Waals surface area (Å²) in [5, 5.41) is 0. The molecule has 3 nitrogen and oxygen atoms in total. The quantitative estimate of drug-likeness (QED) is 0.763. The molecule has 0 aromatic carbocycles. The summed E-state index contributed by atoms with van der Waals surface area (Å²) < 4.78 is 19.7. The Balaban J connectivity index is 3.11. The fraction of sp³-hybridized carbons (Fsp3) is 0.545. The van der Waals surface area contributed by atoms with Gasteiger partial charge in [-0.25, -0.2) is 4.39 Å². The highest BCUT2D eigenvalue weighted by atomic mass is 19.1. The summed E-state index contributed by atoms with van der Waals surface area (Å²) in [4.78, 5) is 11.8. The Bertz CT molecular complexity index is 385. The number of pyridine rings is 1. The van der Waals surface area contributed by atoms with Crippen LogP contribution in [-0.4, -0.2) is 18.3 Å². The molecule has 1 aromatic heterocycles. The smallest absolute Gasteiger partial charge is 0.257 e. The van der Waals surface area contributed by atoms with Gasteiger partial charge in [0.15, 0.2) is 0 Å². The molecule has 0 unspecified atom stereocenters. The fourth-order valence-electron chi connectivity index (χ4n) is 1.46. The van der Waals surface area contributed by atoms with E-state index >= 15 is 0 Å². The minimum atomic E-state index is -0.427. The third-order valence-electron chi connectivity index (χ3n) is 2.26. The van der Waals surface area contributed by atoms with E-state index in [0.29, 0.717) is 13.2 Å². The van der Waals surface area contributed by atoms with Crippen molar-refractivity contribution in [2.24, 2.45) is 0 Å². The van der Waals surface area contributed by atoms with Gasteiger partial charge in [-0.15, -0.1) is 0 Å². The van der Waals surface area contributed by atoms with Crippen LogP contribution < -0.4 is 5.56 Å². The summed E-state index contributed by atoms with van der Waals surface area (Å²) in [7, 11) is 1.57. The SMILES string of the molecule is COCCn1ccc(F)c(C(C)C)c1=O. The van der Waals surface area contributed by atoms with E-state index in [1.165, 1.54) is 16.8 Å². The van der Waals surface area contributed by atoms with Crippen LogP contribution in [0, 0.1) is 5.82 Å². The predicted molar refractivity (Wildman–Crippen MR) is 56.6 cm³/mol. The Labute approximate surface area is 88.5 Å². The minimum absolute atomic E-state index is 0.104. The largest absolute Gasteiger partial charge is 0.383 e. The van der Waals surface area contributed by atoms with Crippen molar-refractivity contribution in [1.82, 2.24) is 4.57 Å². The van der Waals surface area contributed by atoms with Crippen LogP contribution in [0.25, 0.3) is 0 Å². The lowest BCUT2D eigenvalue weighted by molar-refractivity contribution is 0.186. The highest BCUT2D eigenvalue weighted by molar-refractivity contribution is 5.16. The van der Waals surface area contributed by atoms with E-state index in [1.807, 2.05) is 0 Å². The van der Waals surface area contributed by atoms with Crippen molar-refractivity contribution >= 4 is 0 Å². The molecular weight excluding hydrogens is 197 g/mol. The molecule has 0 fully saturated rings. The summed E-state index contributed by atoms with van der Waals surface area (Å²) >= 11 is 0. The zero-order valence-electron chi connectivity index (χ0n) is 9.29. The molecule has 1 aromatic rings. The molecular formula is C11H16FNO2. The van der Waals surface area contributed by atoms with Crippen molar-refractivity contribution in [3.05, 3.63) is 34.0 Å². The van der Waals surface area contributed by atoms with E-state index in [9.17, 15) is 9.18 Å². The first kappa shape index (κ1) is 11.9. The molecule has 1 heterocycles. The van der Waals surface area contributed by atoms with Crippen LogP contribution in [0.1, 0.15) is 25.3 Å². The number of hydrogen-bond donors (Lipinski definition) is 0. The third kappa shape index (κ3) is 2.65. The molecule has 0 N–H and O–H groups in total. The second-order valence-corrected chi connectivity index (χ2v) is 3.72. The first-order chi connectivity index (χ1) is 7.07. The first-order valence-corrected chi connectivity index (χ1v) is 4.95. The topological polar surface area (TPSA) is 31.2 Å². The van der Waals surface area contributed by atoms with Gasteiger partial charge in [0.05, 0.1) is 12.2 Å². The van der Waals surface area contributed by atoms with Crippen molar-refractivity contribution in [3.63, 3.8) is 0 Å². The highest BCUT2D eigenvalue weighted by Crippen LogP contribution is 2.13. The first-order valence-electron chi connectivity index (χ1n) is 4.95. The Morgan fingerprint density at radius 1 is 1.53 bits per heavy atom. The normalized spacial score (nSPS) is 11.0. The second-order valence-electron chi connectivity index (χ2n) is 3.72. The highest BCUT2D eigenvalue weighted by Gasteiger charge is 2.12. The van der Waals surface area contributed by atoms with E-state index in [0.717, 1.165) is 0 Å². The minimum Gasteiger partial charge on any atom is -0.383 e. The van der Waals surface area contributed by atoms with Crippen molar-refractivity contribution in [2.75, 3.05) is 13.7 Å². The summed E-state index contributed by atoms with van der Waals surface area (Å²) in [5.41, 5.74) is -0.0179. The van der Waals surface area contributed by atoms with E-state index in [-0.39, 0.29) is 17.0 Å². The number of aromatic nitrogens is 1. The van der Waals surface area contributed by atoms with Gasteiger partial charge in [0.25, 0.3) is 5.56 Å². The molecule has 0 bridgehead atoms. The molecule has 0 aliphatic rings. The van der Waals surface area contributed by atoms with Gasteiger partial charge in [-0.1, -0.05) is 13.8 Å². The van der Waals surface area contributed by atoms with Gasteiger partial charge in [0.1, 0.15) is 5.82 Å². The van der Waals surface area contributed by atoms with Gasteiger partial charge in [0.2, 0.25) is 0 Å². The Kier molecular flexibility index (Phi) is 4.03. The second kappa shape index (κ2) is 5.07. The number of halogens is 1. The summed E-state index contributed by atoms with van der Waals surface area (Å²) in [6.07, 6.45) is 1.46. The van der Waals surface area contributed by atoms with Crippen molar-refractivity contribution in [3.8, 4) is 0 Å². The van der Waals surface area contributed by atoms with Gasteiger partial charge in [0, 0.05) is 19.9 Å². The number of hydrogen-bond acceptors (Lipinski definition) is 2. The molecule has 0 spiro atoms. The molecule has 15 heavy (non-hydrogen) atoms. The molecule has 0 atom stereocenters. The monoisotopic (exact) mass is 213 g/mol. The lowest BCUT2D eigenvalue weighted by Gasteiger charge is -2.10. The van der Waals surface area contributed by atoms with Crippen LogP contribution in [-0.2, 0) is 11.3 Å². The third-order valence-corrected chi connectivity index (χ3v) is 2.26. The zero-order valence-corrected chi connectivity index (χ0v) is 9.29. The molecule has 0 saturated heterocycles. The van der Waals surface area contributed by atoms with Crippen LogP contribution in [0.15, 0.2) is 17.1 Å². The van der Waals surface area contributed by atoms with Crippen LogP contribution >= 0.6 is 0 Å². The Morgan fingerprint density at radius 2 is 2.20 bits per heavy atom. The van der Waals surface area contributed by atoms with Crippen molar-refractivity contribution in [2.45, 2.75) is 26.3 Å². The average molecular weight is 213 g/mol. The van der Waals surface area contributed by atoms with Crippen molar-refractivity contribution < 1.29 is 9.13 Å². The number of nitrogens with zero attached hydrogens (tertiary/aromatic N) is 1. The van der Waals surface area contributed by atoms with Crippen LogP contribution in [0.2, 0.25) is 0 Å². The molecule has 0 radical (unpaired) electrons. The van der Waals surface area contributed by atoms with Crippen molar-refractivity contribution in [1.29, 1.82) is 0 Å². The summed E-state index contributed by atoms with van der Waals surface area (Å²) in [6, 6.07) is 1.33. The van der Waals surface area contributed by atoms with Crippen LogP contribution in [0.4, 0.5) is 4.39 Å². The van der Waals surface area contributed by atoms with E-state index in [4.69, 9.17) is 4.74 Å². The predicted octanol–water partition coefficient (Wildman–Crippen LogP) is 1.76. The summed E-state index contributed by atoms with van der Waals surface area (Å²) in [6.45, 7) is 4.51. The Morgan fingerprint density at radius 3 is 2.73 bits per heavy atom. The molecule has 1 rings (SSSR count). The maximum atomic E-state index is 13.4. The van der Waals surface area contributed by atoms with Crippen LogP contribution in [0.3, 0.4) is 0 Å². The molecule has 0 saturated carbocycles. The van der Waals surface area contributed by atoms with Gasteiger partial charge in [-0.05, 0) is 12.0 Å².